The Morgan fingerprint density at radius 1 is 1.48 bits per heavy atom. The van der Waals surface area contributed by atoms with Crippen LogP contribution in [0, 0.1) is 15.9 Å². The lowest BCUT2D eigenvalue weighted by Crippen LogP contribution is -2.09. The predicted octanol–water partition coefficient (Wildman–Crippen LogP) is 2.68. The van der Waals surface area contributed by atoms with Crippen LogP contribution >= 0.6 is 0 Å². The maximum atomic E-state index is 13.6. The summed E-state index contributed by atoms with van der Waals surface area (Å²) in [5.41, 5.74) is -1.31. The molecular formula is C13H11FN2O5. The van der Waals surface area contributed by atoms with Gasteiger partial charge in [0.15, 0.2) is 0 Å². The Labute approximate surface area is 118 Å². The van der Waals surface area contributed by atoms with Crippen molar-refractivity contribution in [2.75, 3.05) is 11.9 Å². The molecule has 0 saturated heterocycles. The molecule has 110 valence electrons. The van der Waals surface area contributed by atoms with Crippen LogP contribution in [0.3, 0.4) is 0 Å². The van der Waals surface area contributed by atoms with Crippen LogP contribution in [0.5, 0.6) is 0 Å². The van der Waals surface area contributed by atoms with E-state index in [9.17, 15) is 19.3 Å². The van der Waals surface area contributed by atoms with Crippen LogP contribution in [0.15, 0.2) is 34.9 Å². The lowest BCUT2D eigenvalue weighted by Gasteiger charge is -2.08. The molecule has 2 aromatic rings. The molecule has 1 aromatic heterocycles. The minimum absolute atomic E-state index is 0.0749. The predicted molar refractivity (Wildman–Crippen MR) is 70.9 cm³/mol. The Hall–Kier alpha value is -2.90. The fourth-order valence-corrected chi connectivity index (χ4v) is 1.79. The number of hydrogen-bond donors (Lipinski definition) is 2. The number of rotatable bonds is 6. The highest BCUT2D eigenvalue weighted by Crippen LogP contribution is 2.28. The first-order chi connectivity index (χ1) is 9.99. The van der Waals surface area contributed by atoms with Gasteiger partial charge in [-0.25, -0.2) is 9.18 Å². The standard InChI is InChI=1S/C13H11FN2O5/c14-10-7-11(15-4-3-8-2-1-5-21-8)12(16(19)20)6-9(10)13(17)18/h1-2,5-7,15H,3-4H2,(H,17,18). The van der Waals surface area contributed by atoms with E-state index >= 15 is 0 Å². The van der Waals surface area contributed by atoms with E-state index in [2.05, 4.69) is 5.32 Å². The summed E-state index contributed by atoms with van der Waals surface area (Å²) in [5.74, 6) is -1.92. The highest BCUT2D eigenvalue weighted by molar-refractivity contribution is 5.90. The number of furan rings is 1. The highest BCUT2D eigenvalue weighted by atomic mass is 19.1. The second-order valence-electron chi connectivity index (χ2n) is 4.17. The molecule has 0 unspecified atom stereocenters. The quantitative estimate of drug-likeness (QED) is 0.626. The lowest BCUT2D eigenvalue weighted by molar-refractivity contribution is -0.384. The summed E-state index contributed by atoms with van der Waals surface area (Å²) in [4.78, 5) is 21.0. The minimum Gasteiger partial charge on any atom is -0.478 e. The second kappa shape index (κ2) is 6.04. The van der Waals surface area contributed by atoms with E-state index in [0.29, 0.717) is 18.2 Å². The first kappa shape index (κ1) is 14.5. The molecule has 0 bridgehead atoms. The van der Waals surface area contributed by atoms with Crippen LogP contribution in [0.4, 0.5) is 15.8 Å². The number of anilines is 1. The van der Waals surface area contributed by atoms with Gasteiger partial charge in [-0.15, -0.1) is 0 Å². The van der Waals surface area contributed by atoms with Gasteiger partial charge in [-0.2, -0.15) is 0 Å². The summed E-state index contributed by atoms with van der Waals surface area (Å²) in [6.07, 6.45) is 1.95. The van der Waals surface area contributed by atoms with Crippen LogP contribution in [0.2, 0.25) is 0 Å². The lowest BCUT2D eigenvalue weighted by atomic mass is 10.1. The molecule has 0 aliphatic carbocycles. The van der Waals surface area contributed by atoms with Crippen LogP contribution in [-0.4, -0.2) is 22.5 Å². The number of nitrogens with one attached hydrogen (secondary N) is 1. The number of hydrogen-bond acceptors (Lipinski definition) is 5. The number of nitro groups is 1. The van der Waals surface area contributed by atoms with E-state index < -0.39 is 28.0 Å². The number of carboxylic acids is 1. The summed E-state index contributed by atoms with van der Waals surface area (Å²) in [7, 11) is 0. The Balaban J connectivity index is 2.19. The largest absolute Gasteiger partial charge is 0.478 e. The van der Waals surface area contributed by atoms with E-state index in [4.69, 9.17) is 9.52 Å². The van der Waals surface area contributed by atoms with Gasteiger partial charge in [0, 0.05) is 25.1 Å². The fraction of sp³-hybridized carbons (Fsp3) is 0.154. The van der Waals surface area contributed by atoms with Gasteiger partial charge in [-0.05, 0) is 12.1 Å². The van der Waals surface area contributed by atoms with E-state index in [-0.39, 0.29) is 12.2 Å². The fourth-order valence-electron chi connectivity index (χ4n) is 1.79. The van der Waals surface area contributed by atoms with Gasteiger partial charge in [0.2, 0.25) is 0 Å². The Kier molecular flexibility index (Phi) is 4.17. The molecule has 0 aliphatic rings. The maximum absolute atomic E-state index is 13.6. The van der Waals surface area contributed by atoms with Crippen molar-refractivity contribution in [3.63, 3.8) is 0 Å². The third-order valence-electron chi connectivity index (χ3n) is 2.78. The minimum atomic E-state index is -1.56. The van der Waals surface area contributed by atoms with Crippen LogP contribution in [0.25, 0.3) is 0 Å². The third-order valence-corrected chi connectivity index (χ3v) is 2.78. The smallest absolute Gasteiger partial charge is 0.338 e. The van der Waals surface area contributed by atoms with Crippen molar-refractivity contribution in [3.05, 3.63) is 57.8 Å². The SMILES string of the molecule is O=C(O)c1cc([N+](=O)[O-])c(NCCc2ccco2)cc1F. The number of nitrogens with zero attached hydrogens (tertiary/aromatic N) is 1. The molecule has 7 nitrogen and oxygen atoms in total. The Bertz CT molecular complexity index is 669. The second-order valence-corrected chi connectivity index (χ2v) is 4.17. The Morgan fingerprint density at radius 3 is 2.81 bits per heavy atom. The van der Waals surface area contributed by atoms with Crippen LogP contribution < -0.4 is 5.32 Å². The molecular weight excluding hydrogens is 283 g/mol. The number of halogens is 1. The monoisotopic (exact) mass is 294 g/mol. The van der Waals surface area contributed by atoms with Crippen molar-refractivity contribution >= 4 is 17.3 Å². The molecule has 1 heterocycles. The maximum Gasteiger partial charge on any atom is 0.338 e. The highest BCUT2D eigenvalue weighted by Gasteiger charge is 2.21. The van der Waals surface area contributed by atoms with Crippen molar-refractivity contribution in [1.29, 1.82) is 0 Å². The molecule has 0 amide bonds. The molecule has 0 aliphatic heterocycles. The average molecular weight is 294 g/mol. The number of aromatic carboxylic acids is 1. The molecule has 0 saturated carbocycles. The molecule has 0 radical (unpaired) electrons. The van der Waals surface area contributed by atoms with Crippen molar-refractivity contribution in [1.82, 2.24) is 0 Å². The summed E-state index contributed by atoms with van der Waals surface area (Å²) in [6, 6.07) is 4.96. The van der Waals surface area contributed by atoms with Crippen molar-refractivity contribution in [3.8, 4) is 0 Å². The van der Waals surface area contributed by atoms with Crippen LogP contribution in [0.1, 0.15) is 16.1 Å². The van der Waals surface area contributed by atoms with Gasteiger partial charge < -0.3 is 14.8 Å². The van der Waals surface area contributed by atoms with Gasteiger partial charge in [-0.1, -0.05) is 0 Å². The van der Waals surface area contributed by atoms with Gasteiger partial charge in [0.25, 0.3) is 5.69 Å². The first-order valence-electron chi connectivity index (χ1n) is 5.96. The van der Waals surface area contributed by atoms with Gasteiger partial charge in [0.05, 0.1) is 11.2 Å². The summed E-state index contributed by atoms with van der Waals surface area (Å²) in [5, 5.41) is 22.4. The van der Waals surface area contributed by atoms with Gasteiger partial charge in [-0.3, -0.25) is 10.1 Å². The molecule has 0 spiro atoms. The molecule has 21 heavy (non-hydrogen) atoms. The molecule has 2 N–H and O–H groups in total. The molecule has 0 fully saturated rings. The zero-order chi connectivity index (χ0) is 15.4. The van der Waals surface area contributed by atoms with Crippen molar-refractivity contribution in [2.45, 2.75) is 6.42 Å². The summed E-state index contributed by atoms with van der Waals surface area (Å²) in [6.45, 7) is 0.278. The normalized spacial score (nSPS) is 10.3. The van der Waals surface area contributed by atoms with Gasteiger partial charge in [0.1, 0.15) is 22.8 Å². The van der Waals surface area contributed by atoms with E-state index in [1.54, 1.807) is 12.1 Å². The van der Waals surface area contributed by atoms with Gasteiger partial charge >= 0.3 is 5.97 Å². The average Bonchev–Trinajstić information content (AvgIpc) is 2.91. The molecule has 0 atom stereocenters. The topological polar surface area (TPSA) is 106 Å². The zero-order valence-electron chi connectivity index (χ0n) is 10.7. The van der Waals surface area contributed by atoms with E-state index in [0.717, 1.165) is 6.07 Å². The van der Waals surface area contributed by atoms with Crippen LogP contribution in [-0.2, 0) is 6.42 Å². The first-order valence-corrected chi connectivity index (χ1v) is 5.96. The number of benzene rings is 1. The molecule has 1 aromatic carbocycles. The third kappa shape index (κ3) is 3.35. The summed E-state index contributed by atoms with van der Waals surface area (Å²) >= 11 is 0. The van der Waals surface area contributed by atoms with Crippen molar-refractivity contribution < 1.29 is 23.6 Å². The zero-order valence-corrected chi connectivity index (χ0v) is 10.7. The van der Waals surface area contributed by atoms with Crippen molar-refractivity contribution in [2.24, 2.45) is 0 Å². The number of carbonyl (C=O) groups is 1. The Morgan fingerprint density at radius 2 is 2.24 bits per heavy atom. The number of carboxylic acid groups (broad SMARTS) is 1. The summed E-state index contributed by atoms with van der Waals surface area (Å²) < 4.78 is 18.7. The van der Waals surface area contributed by atoms with E-state index in [1.165, 1.54) is 6.26 Å². The number of nitro benzene ring substituents is 1. The molecule has 8 heteroatoms. The molecule has 2 rings (SSSR count). The van der Waals surface area contributed by atoms with E-state index in [1.807, 2.05) is 0 Å².